The summed E-state index contributed by atoms with van der Waals surface area (Å²) in [6.07, 6.45) is 0. The molecule has 0 unspecified atom stereocenters. The van der Waals surface area contributed by atoms with Crippen molar-refractivity contribution in [3.8, 4) is 50.2 Å². The van der Waals surface area contributed by atoms with Crippen LogP contribution in [0.25, 0.3) is 93.5 Å². The Labute approximate surface area is 297 Å². The van der Waals surface area contributed by atoms with Gasteiger partial charge in [0.2, 0.25) is 0 Å². The molecule has 10 aromatic rings. The molecule has 0 bridgehead atoms. The first-order valence-electron chi connectivity index (χ1n) is 17.6. The molecule has 0 aliphatic rings. The number of para-hydroxylation sites is 1. The first-order valence-corrected chi connectivity index (χ1v) is 17.6. The first kappa shape index (κ1) is 29.2. The molecule has 9 aromatic carbocycles. The summed E-state index contributed by atoms with van der Waals surface area (Å²) in [7, 11) is 0. The zero-order valence-corrected chi connectivity index (χ0v) is 28.0. The normalized spacial score (nSPS) is 11.5. The maximum absolute atomic E-state index is 2.39. The lowest BCUT2D eigenvalue weighted by atomic mass is 9.95. The highest BCUT2D eigenvalue weighted by molar-refractivity contribution is 6.11. The van der Waals surface area contributed by atoms with Gasteiger partial charge in [-0.05, 0) is 121 Å². The molecule has 238 valence electrons. The molecule has 1 aromatic heterocycles. The molecule has 1 nitrogen and oxygen atoms in total. The van der Waals surface area contributed by atoms with E-state index >= 15 is 0 Å². The molecule has 0 radical (unpaired) electrons. The SMILES string of the molecule is c1ccc(-c2ccc3c(c2)c2cc(-c4ccc(-c5ccc6cc(-c7ccc8ccccc8c7)ccc6c5)cc4)ccc2n3-c2ccccc2)cc1. The van der Waals surface area contributed by atoms with Crippen LogP contribution < -0.4 is 0 Å². The van der Waals surface area contributed by atoms with Crippen LogP contribution in [0.15, 0.2) is 200 Å². The number of benzene rings is 9. The molecule has 0 N–H and O–H groups in total. The van der Waals surface area contributed by atoms with Crippen molar-refractivity contribution in [1.29, 1.82) is 0 Å². The summed E-state index contributed by atoms with van der Waals surface area (Å²) in [4.78, 5) is 0. The van der Waals surface area contributed by atoms with E-state index in [0.29, 0.717) is 0 Å². The Morgan fingerprint density at radius 2 is 0.588 bits per heavy atom. The standard InChI is InChI=1S/C50H33N/c1-3-9-34(10-4-1)44-25-27-49-47(32-44)48-33-45(26-28-50(48)51(49)46-13-5-2-6-14-46)37-17-15-36(16-18-37)39-21-22-42-31-43(24-23-41(42)30-39)40-20-19-35-11-7-8-12-38(35)29-40/h1-33H. The number of aromatic nitrogens is 1. The lowest BCUT2D eigenvalue weighted by Crippen LogP contribution is -1.93. The molecule has 51 heavy (non-hydrogen) atoms. The summed E-state index contributed by atoms with van der Waals surface area (Å²) < 4.78 is 2.39. The quantitative estimate of drug-likeness (QED) is 0.175. The van der Waals surface area contributed by atoms with Crippen LogP contribution in [0.4, 0.5) is 0 Å². The van der Waals surface area contributed by atoms with E-state index in [0.717, 1.165) is 0 Å². The number of hydrogen-bond donors (Lipinski definition) is 0. The second-order valence-corrected chi connectivity index (χ2v) is 13.4. The van der Waals surface area contributed by atoms with E-state index in [9.17, 15) is 0 Å². The van der Waals surface area contributed by atoms with E-state index in [1.165, 1.54) is 93.5 Å². The molecule has 0 aliphatic heterocycles. The van der Waals surface area contributed by atoms with Crippen LogP contribution in [0.1, 0.15) is 0 Å². The summed E-state index contributed by atoms with van der Waals surface area (Å²) in [5.74, 6) is 0. The zero-order chi connectivity index (χ0) is 33.7. The second-order valence-electron chi connectivity index (χ2n) is 13.4. The fourth-order valence-corrected chi connectivity index (χ4v) is 7.70. The van der Waals surface area contributed by atoms with Gasteiger partial charge in [0.15, 0.2) is 0 Å². The molecule has 0 amide bonds. The average Bonchev–Trinajstić information content (AvgIpc) is 3.54. The highest BCUT2D eigenvalue weighted by Gasteiger charge is 2.15. The Balaban J connectivity index is 1.00. The smallest absolute Gasteiger partial charge is 0.0541 e. The predicted octanol–water partition coefficient (Wildman–Crippen LogP) is 13.8. The Morgan fingerprint density at radius 3 is 1.14 bits per heavy atom. The van der Waals surface area contributed by atoms with Crippen molar-refractivity contribution in [3.05, 3.63) is 200 Å². The van der Waals surface area contributed by atoms with Crippen LogP contribution in [-0.2, 0) is 0 Å². The minimum atomic E-state index is 1.17. The molecule has 10 rings (SSSR count). The number of fused-ring (bicyclic) bond motifs is 5. The van der Waals surface area contributed by atoms with Gasteiger partial charge in [0, 0.05) is 16.5 Å². The van der Waals surface area contributed by atoms with Crippen LogP contribution in [0.3, 0.4) is 0 Å². The Kier molecular flexibility index (Phi) is 6.89. The van der Waals surface area contributed by atoms with Gasteiger partial charge in [0.25, 0.3) is 0 Å². The van der Waals surface area contributed by atoms with E-state index in [1.807, 2.05) is 0 Å². The second kappa shape index (κ2) is 12.0. The van der Waals surface area contributed by atoms with Crippen molar-refractivity contribution in [1.82, 2.24) is 4.57 Å². The molecule has 0 aliphatic carbocycles. The molecular weight excluding hydrogens is 615 g/mol. The monoisotopic (exact) mass is 647 g/mol. The highest BCUT2D eigenvalue weighted by Crippen LogP contribution is 2.38. The van der Waals surface area contributed by atoms with Crippen LogP contribution >= 0.6 is 0 Å². The molecule has 1 heteroatoms. The maximum atomic E-state index is 2.39. The van der Waals surface area contributed by atoms with Crippen molar-refractivity contribution in [2.45, 2.75) is 0 Å². The molecule has 0 fully saturated rings. The average molecular weight is 648 g/mol. The Hall–Kier alpha value is -6.70. The number of nitrogens with zero attached hydrogens (tertiary/aromatic N) is 1. The van der Waals surface area contributed by atoms with Crippen molar-refractivity contribution in [2.24, 2.45) is 0 Å². The lowest BCUT2D eigenvalue weighted by Gasteiger charge is -2.10. The van der Waals surface area contributed by atoms with Gasteiger partial charge >= 0.3 is 0 Å². The number of rotatable bonds is 5. The summed E-state index contributed by atoms with van der Waals surface area (Å²) in [5, 5.41) is 7.55. The van der Waals surface area contributed by atoms with Gasteiger partial charge in [0.1, 0.15) is 0 Å². The van der Waals surface area contributed by atoms with E-state index < -0.39 is 0 Å². The molecule has 0 spiro atoms. The number of hydrogen-bond acceptors (Lipinski definition) is 0. The van der Waals surface area contributed by atoms with Crippen LogP contribution in [0.2, 0.25) is 0 Å². The Morgan fingerprint density at radius 1 is 0.235 bits per heavy atom. The van der Waals surface area contributed by atoms with Crippen molar-refractivity contribution < 1.29 is 0 Å². The van der Waals surface area contributed by atoms with Gasteiger partial charge in [-0.2, -0.15) is 0 Å². The molecule has 0 saturated heterocycles. The summed E-state index contributed by atoms with van der Waals surface area (Å²) in [5.41, 5.74) is 13.4. The molecule has 1 heterocycles. The van der Waals surface area contributed by atoms with Gasteiger partial charge in [-0.25, -0.2) is 0 Å². The topological polar surface area (TPSA) is 4.93 Å². The van der Waals surface area contributed by atoms with Crippen molar-refractivity contribution in [2.75, 3.05) is 0 Å². The summed E-state index contributed by atoms with van der Waals surface area (Å²) in [6.45, 7) is 0. The van der Waals surface area contributed by atoms with Crippen molar-refractivity contribution in [3.63, 3.8) is 0 Å². The maximum Gasteiger partial charge on any atom is 0.0541 e. The highest BCUT2D eigenvalue weighted by atomic mass is 15.0. The van der Waals surface area contributed by atoms with Gasteiger partial charge < -0.3 is 4.57 Å². The molecular formula is C50H33N. The largest absolute Gasteiger partial charge is 0.309 e. The van der Waals surface area contributed by atoms with E-state index in [1.54, 1.807) is 0 Å². The van der Waals surface area contributed by atoms with Gasteiger partial charge in [-0.15, -0.1) is 0 Å². The minimum absolute atomic E-state index is 1.17. The van der Waals surface area contributed by atoms with Gasteiger partial charge in [-0.3, -0.25) is 0 Å². The predicted molar refractivity (Wildman–Crippen MR) is 218 cm³/mol. The summed E-state index contributed by atoms with van der Waals surface area (Å²) >= 11 is 0. The molecule has 0 saturated carbocycles. The van der Waals surface area contributed by atoms with Crippen LogP contribution in [0.5, 0.6) is 0 Å². The van der Waals surface area contributed by atoms with E-state index in [-0.39, 0.29) is 0 Å². The third-order valence-corrected chi connectivity index (χ3v) is 10.4. The Bertz CT molecular complexity index is 2880. The zero-order valence-electron chi connectivity index (χ0n) is 28.0. The fraction of sp³-hybridized carbons (Fsp3) is 0. The third kappa shape index (κ3) is 5.19. The minimum Gasteiger partial charge on any atom is -0.309 e. The summed E-state index contributed by atoms with van der Waals surface area (Å²) in [6, 6.07) is 73.0. The van der Waals surface area contributed by atoms with E-state index in [4.69, 9.17) is 0 Å². The van der Waals surface area contributed by atoms with Crippen LogP contribution in [0, 0.1) is 0 Å². The van der Waals surface area contributed by atoms with Crippen molar-refractivity contribution >= 4 is 43.4 Å². The third-order valence-electron chi connectivity index (χ3n) is 10.4. The van der Waals surface area contributed by atoms with Gasteiger partial charge in [0.05, 0.1) is 11.0 Å². The van der Waals surface area contributed by atoms with Crippen LogP contribution in [-0.4, -0.2) is 4.57 Å². The van der Waals surface area contributed by atoms with E-state index in [2.05, 4.69) is 205 Å². The lowest BCUT2D eigenvalue weighted by molar-refractivity contribution is 1.18. The van der Waals surface area contributed by atoms with Gasteiger partial charge in [-0.1, -0.05) is 146 Å². The molecule has 0 atom stereocenters. The fourth-order valence-electron chi connectivity index (χ4n) is 7.70. The first-order chi connectivity index (χ1) is 25.2.